The molecule has 98 valence electrons. The molecule has 0 saturated heterocycles. The summed E-state index contributed by atoms with van der Waals surface area (Å²) in [4.78, 5) is 3.90. The quantitative estimate of drug-likeness (QED) is 0.799. The van der Waals surface area contributed by atoms with Crippen LogP contribution in [0, 0.1) is 0 Å². The molecule has 17 heavy (non-hydrogen) atoms. The molecule has 1 aromatic heterocycles. The molecule has 2 nitrogen and oxygen atoms in total. The zero-order valence-corrected chi connectivity index (χ0v) is 11.4. The number of allylic oxidation sites excluding steroid dienone is 1. The van der Waals surface area contributed by atoms with E-state index in [4.69, 9.17) is 17.3 Å². The van der Waals surface area contributed by atoms with Crippen molar-refractivity contribution in [3.8, 4) is 0 Å². The number of rotatable bonds is 1. The first-order valence-electron chi connectivity index (χ1n) is 5.38. The number of nitrogens with zero attached hydrogens (tertiary/aromatic N) is 1. The van der Waals surface area contributed by atoms with Gasteiger partial charge < -0.3 is 5.73 Å². The average molecular weight is 265 g/mol. The molecule has 0 fully saturated rings. The summed E-state index contributed by atoms with van der Waals surface area (Å²) in [6, 6.07) is 1.84. The van der Waals surface area contributed by atoms with Gasteiger partial charge in [-0.15, -0.1) is 0 Å². The van der Waals surface area contributed by atoms with Crippen LogP contribution in [0.15, 0.2) is 24.4 Å². The normalized spacial score (nSPS) is 8.18. The fraction of sp³-hybridized carbons (Fsp3) is 0.417. The monoisotopic (exact) mass is 264 g/mol. The minimum absolute atomic E-state index is 0.576. The molecule has 0 aliphatic rings. The molecular formula is C12H19ClF2N2. The SMILES string of the molecule is CC.CC=C(F)F.CCc1cc(Cl)cnc1N. The summed E-state index contributed by atoms with van der Waals surface area (Å²) in [5.41, 5.74) is 6.54. The molecule has 1 rings (SSSR count). The third-order valence-corrected chi connectivity index (χ3v) is 1.77. The number of aromatic nitrogens is 1. The van der Waals surface area contributed by atoms with Crippen LogP contribution in [0.2, 0.25) is 5.02 Å². The lowest BCUT2D eigenvalue weighted by Gasteiger charge is -1.99. The maximum absolute atomic E-state index is 10.6. The fourth-order valence-corrected chi connectivity index (χ4v) is 0.955. The maximum atomic E-state index is 10.6. The van der Waals surface area contributed by atoms with Crippen molar-refractivity contribution in [1.82, 2.24) is 4.98 Å². The van der Waals surface area contributed by atoms with Gasteiger partial charge in [-0.3, -0.25) is 0 Å². The molecule has 0 aromatic carbocycles. The highest BCUT2D eigenvalue weighted by molar-refractivity contribution is 6.30. The molecule has 0 bridgehead atoms. The van der Waals surface area contributed by atoms with E-state index >= 15 is 0 Å². The van der Waals surface area contributed by atoms with Crippen LogP contribution in [-0.4, -0.2) is 4.98 Å². The molecule has 0 atom stereocenters. The highest BCUT2D eigenvalue weighted by Gasteiger charge is 1.97. The van der Waals surface area contributed by atoms with Gasteiger partial charge in [0.1, 0.15) is 5.82 Å². The maximum Gasteiger partial charge on any atom is 0.266 e. The topological polar surface area (TPSA) is 38.9 Å². The Kier molecular flexibility index (Phi) is 12.1. The van der Waals surface area contributed by atoms with Gasteiger partial charge in [0.05, 0.1) is 5.02 Å². The molecular weight excluding hydrogens is 246 g/mol. The van der Waals surface area contributed by atoms with Gasteiger partial charge in [-0.05, 0) is 31.1 Å². The largest absolute Gasteiger partial charge is 0.383 e. The van der Waals surface area contributed by atoms with Crippen LogP contribution in [0.25, 0.3) is 0 Å². The first-order chi connectivity index (χ1) is 8.01. The van der Waals surface area contributed by atoms with Crippen molar-refractivity contribution in [2.45, 2.75) is 34.1 Å². The Morgan fingerprint density at radius 1 is 1.47 bits per heavy atom. The van der Waals surface area contributed by atoms with Crippen molar-refractivity contribution in [3.63, 3.8) is 0 Å². The van der Waals surface area contributed by atoms with Gasteiger partial charge in [-0.1, -0.05) is 32.4 Å². The molecule has 0 aliphatic heterocycles. The van der Waals surface area contributed by atoms with E-state index in [2.05, 4.69) is 4.98 Å². The molecule has 0 radical (unpaired) electrons. The van der Waals surface area contributed by atoms with E-state index in [-0.39, 0.29) is 0 Å². The summed E-state index contributed by atoms with van der Waals surface area (Å²) >= 11 is 5.68. The molecule has 0 amide bonds. The number of aryl methyl sites for hydroxylation is 1. The summed E-state index contributed by atoms with van der Waals surface area (Å²) < 4.78 is 21.2. The molecule has 1 heterocycles. The zero-order chi connectivity index (χ0) is 13.8. The van der Waals surface area contributed by atoms with Crippen molar-refractivity contribution < 1.29 is 8.78 Å². The Labute approximate surface area is 107 Å². The first kappa shape index (κ1) is 18.2. The second kappa shape index (κ2) is 11.3. The Morgan fingerprint density at radius 2 is 1.94 bits per heavy atom. The van der Waals surface area contributed by atoms with Crippen LogP contribution < -0.4 is 5.73 Å². The molecule has 5 heteroatoms. The molecule has 1 aromatic rings. The van der Waals surface area contributed by atoms with E-state index in [1.165, 1.54) is 6.92 Å². The van der Waals surface area contributed by atoms with Crippen LogP contribution in [0.1, 0.15) is 33.3 Å². The van der Waals surface area contributed by atoms with Gasteiger partial charge in [0.15, 0.2) is 0 Å². The fourth-order valence-electron chi connectivity index (χ4n) is 0.775. The summed E-state index contributed by atoms with van der Waals surface area (Å²) in [5.74, 6) is 0.576. The second-order valence-corrected chi connectivity index (χ2v) is 3.07. The average Bonchev–Trinajstić information content (AvgIpc) is 2.35. The molecule has 0 spiro atoms. The first-order valence-corrected chi connectivity index (χ1v) is 5.76. The summed E-state index contributed by atoms with van der Waals surface area (Å²) in [7, 11) is 0. The molecule has 0 saturated carbocycles. The minimum Gasteiger partial charge on any atom is -0.383 e. The molecule has 0 unspecified atom stereocenters. The Bertz CT molecular complexity index is 337. The summed E-state index contributed by atoms with van der Waals surface area (Å²) in [6.45, 7) is 7.30. The van der Waals surface area contributed by atoms with E-state index in [1.54, 1.807) is 6.20 Å². The van der Waals surface area contributed by atoms with E-state index in [1.807, 2.05) is 26.8 Å². The van der Waals surface area contributed by atoms with E-state index < -0.39 is 6.08 Å². The number of pyridine rings is 1. The van der Waals surface area contributed by atoms with Crippen LogP contribution in [0.4, 0.5) is 14.6 Å². The Balaban J connectivity index is 0. The number of hydrogen-bond donors (Lipinski definition) is 1. The summed E-state index contributed by atoms with van der Waals surface area (Å²) in [5, 5.41) is 0.644. The highest BCUT2D eigenvalue weighted by atomic mass is 35.5. The van der Waals surface area contributed by atoms with Gasteiger partial charge in [-0.2, -0.15) is 8.78 Å². The predicted octanol–water partition coefficient (Wildman–Crippen LogP) is 4.69. The number of halogens is 3. The van der Waals surface area contributed by atoms with Gasteiger partial charge in [0, 0.05) is 6.20 Å². The van der Waals surface area contributed by atoms with Gasteiger partial charge >= 0.3 is 0 Å². The zero-order valence-electron chi connectivity index (χ0n) is 10.6. The highest BCUT2D eigenvalue weighted by Crippen LogP contribution is 2.14. The Hall–Kier alpha value is -1.16. The Morgan fingerprint density at radius 3 is 2.24 bits per heavy atom. The predicted molar refractivity (Wildman–Crippen MR) is 70.4 cm³/mol. The van der Waals surface area contributed by atoms with E-state index in [0.717, 1.165) is 18.1 Å². The van der Waals surface area contributed by atoms with Gasteiger partial charge in [0.25, 0.3) is 6.08 Å². The standard InChI is InChI=1S/C7H9ClN2.C3H4F2.C2H6/c1-2-5-3-6(8)4-10-7(5)9;1-2-3(4)5;1-2/h3-4H,2H2,1H3,(H2,9,10);2H,1H3;1-2H3. The molecule has 0 aliphatic carbocycles. The lowest BCUT2D eigenvalue weighted by atomic mass is 10.2. The lowest BCUT2D eigenvalue weighted by Crippen LogP contribution is -1.95. The smallest absolute Gasteiger partial charge is 0.266 e. The van der Waals surface area contributed by atoms with Crippen molar-refractivity contribution >= 4 is 17.4 Å². The lowest BCUT2D eigenvalue weighted by molar-refractivity contribution is 0.420. The second-order valence-electron chi connectivity index (χ2n) is 2.63. The van der Waals surface area contributed by atoms with Crippen molar-refractivity contribution in [1.29, 1.82) is 0 Å². The van der Waals surface area contributed by atoms with Gasteiger partial charge in [-0.25, -0.2) is 4.98 Å². The summed E-state index contributed by atoms with van der Waals surface area (Å²) in [6.07, 6.45) is 1.56. The van der Waals surface area contributed by atoms with E-state index in [0.29, 0.717) is 10.8 Å². The third-order valence-electron chi connectivity index (χ3n) is 1.57. The van der Waals surface area contributed by atoms with Crippen molar-refractivity contribution in [3.05, 3.63) is 35.0 Å². The number of nitrogens with two attached hydrogens (primary N) is 1. The van der Waals surface area contributed by atoms with Crippen LogP contribution in [0.3, 0.4) is 0 Å². The van der Waals surface area contributed by atoms with Gasteiger partial charge in [0.2, 0.25) is 0 Å². The van der Waals surface area contributed by atoms with Crippen LogP contribution >= 0.6 is 11.6 Å². The van der Waals surface area contributed by atoms with Crippen LogP contribution in [-0.2, 0) is 6.42 Å². The van der Waals surface area contributed by atoms with Crippen molar-refractivity contribution in [2.24, 2.45) is 0 Å². The molecule has 2 N–H and O–H groups in total. The number of anilines is 1. The minimum atomic E-state index is -1.62. The van der Waals surface area contributed by atoms with Crippen molar-refractivity contribution in [2.75, 3.05) is 5.73 Å². The third kappa shape index (κ3) is 9.75. The number of nitrogen functional groups attached to an aromatic ring is 1. The van der Waals surface area contributed by atoms with Crippen LogP contribution in [0.5, 0.6) is 0 Å². The van der Waals surface area contributed by atoms with E-state index in [9.17, 15) is 8.78 Å². The number of hydrogen-bond acceptors (Lipinski definition) is 2.